The molecule has 1 saturated heterocycles. The van der Waals surface area contributed by atoms with E-state index in [4.69, 9.17) is 14.2 Å². The van der Waals surface area contributed by atoms with E-state index in [0.717, 1.165) is 12.8 Å². The first-order chi connectivity index (χ1) is 12.5. The number of carbonyl (C=O) groups excluding carboxylic acids is 2. The first-order valence-electron chi connectivity index (χ1n) is 8.66. The molecule has 4 bridgehead atoms. The van der Waals surface area contributed by atoms with E-state index < -0.39 is 49.0 Å². The molecule has 4 fully saturated rings. The van der Waals surface area contributed by atoms with Crippen molar-refractivity contribution in [3.63, 3.8) is 0 Å². The van der Waals surface area contributed by atoms with Gasteiger partial charge in [-0.05, 0) is 19.3 Å². The van der Waals surface area contributed by atoms with Crippen LogP contribution in [0, 0.1) is 17.8 Å². The van der Waals surface area contributed by atoms with Gasteiger partial charge < -0.3 is 14.2 Å². The Labute approximate surface area is 158 Å². The molecule has 27 heavy (non-hydrogen) atoms. The van der Waals surface area contributed by atoms with Crippen LogP contribution < -0.4 is 0 Å². The van der Waals surface area contributed by atoms with Crippen LogP contribution in [0.5, 0.6) is 0 Å². The van der Waals surface area contributed by atoms with Gasteiger partial charge in [-0.3, -0.25) is 4.79 Å². The van der Waals surface area contributed by atoms with Crippen LogP contribution in [0.4, 0.5) is 17.6 Å². The molecule has 1 aliphatic heterocycles. The zero-order valence-corrected chi connectivity index (χ0v) is 15.2. The number of esters is 2. The van der Waals surface area contributed by atoms with Crippen molar-refractivity contribution < 1.29 is 41.4 Å². The molecular formula is C17H20F4O5S. The molecule has 5 atom stereocenters. The van der Waals surface area contributed by atoms with Crippen LogP contribution in [-0.4, -0.2) is 48.5 Å². The summed E-state index contributed by atoms with van der Waals surface area (Å²) in [6.45, 7) is 2.35. The second kappa shape index (κ2) is 7.27. The molecule has 5 unspecified atom stereocenters. The van der Waals surface area contributed by atoms with Gasteiger partial charge in [0.1, 0.15) is 12.2 Å². The van der Waals surface area contributed by atoms with Crippen LogP contribution in [0.15, 0.2) is 12.2 Å². The SMILES string of the molecule is C=C(COCCC(F)(F)C(F)(F)S)C(=O)OC1C2CCC3C(C2)C(=O)OC31. The average molecular weight is 412 g/mol. The van der Waals surface area contributed by atoms with Crippen molar-refractivity contribution in [2.45, 2.75) is 49.1 Å². The summed E-state index contributed by atoms with van der Waals surface area (Å²) < 4.78 is 66.9. The van der Waals surface area contributed by atoms with Gasteiger partial charge in [-0.25, -0.2) is 4.79 Å². The van der Waals surface area contributed by atoms with Crippen molar-refractivity contribution in [1.82, 2.24) is 0 Å². The van der Waals surface area contributed by atoms with Gasteiger partial charge in [0.25, 0.3) is 0 Å². The third kappa shape index (κ3) is 3.96. The summed E-state index contributed by atoms with van der Waals surface area (Å²) >= 11 is 2.57. The molecule has 0 aromatic rings. The number of hydrogen-bond donors (Lipinski definition) is 1. The van der Waals surface area contributed by atoms with Crippen LogP contribution in [-0.2, 0) is 23.8 Å². The smallest absolute Gasteiger partial charge is 0.353 e. The maximum atomic E-state index is 13.1. The molecule has 5 nitrogen and oxygen atoms in total. The summed E-state index contributed by atoms with van der Waals surface area (Å²) in [7, 11) is 0. The fourth-order valence-corrected chi connectivity index (χ4v) is 4.16. The minimum absolute atomic E-state index is 0.0328. The molecular weight excluding hydrogens is 392 g/mol. The summed E-state index contributed by atoms with van der Waals surface area (Å²) in [4.78, 5) is 24.0. The molecule has 0 spiro atoms. The van der Waals surface area contributed by atoms with Gasteiger partial charge in [-0.1, -0.05) is 19.2 Å². The van der Waals surface area contributed by atoms with Crippen LogP contribution in [0.3, 0.4) is 0 Å². The van der Waals surface area contributed by atoms with E-state index in [1.54, 1.807) is 0 Å². The summed E-state index contributed by atoms with van der Waals surface area (Å²) in [5.41, 5.74) is -0.127. The second-order valence-electron chi connectivity index (χ2n) is 7.27. The zero-order chi connectivity index (χ0) is 20.0. The lowest BCUT2D eigenvalue weighted by atomic mass is 9.63. The molecule has 0 N–H and O–H groups in total. The van der Waals surface area contributed by atoms with E-state index in [1.165, 1.54) is 0 Å². The van der Waals surface area contributed by atoms with E-state index in [-0.39, 0.29) is 29.3 Å². The van der Waals surface area contributed by atoms with E-state index in [9.17, 15) is 27.2 Å². The Morgan fingerprint density at radius 2 is 2.00 bits per heavy atom. The molecule has 3 aliphatic carbocycles. The topological polar surface area (TPSA) is 61.8 Å². The largest absolute Gasteiger partial charge is 0.458 e. The minimum atomic E-state index is -4.46. The molecule has 1 heterocycles. The number of ether oxygens (including phenoxy) is 3. The number of carbonyl (C=O) groups is 2. The van der Waals surface area contributed by atoms with Crippen LogP contribution in [0.25, 0.3) is 0 Å². The lowest BCUT2D eigenvalue weighted by Crippen LogP contribution is -2.50. The Kier molecular flexibility index (Phi) is 5.51. The predicted molar refractivity (Wildman–Crippen MR) is 87.5 cm³/mol. The highest BCUT2D eigenvalue weighted by atomic mass is 32.1. The first kappa shape index (κ1) is 20.4. The number of halogens is 4. The third-order valence-corrected chi connectivity index (χ3v) is 5.85. The summed E-state index contributed by atoms with van der Waals surface area (Å²) in [6, 6.07) is 0. The fourth-order valence-electron chi connectivity index (χ4n) is 4.05. The molecule has 0 amide bonds. The van der Waals surface area contributed by atoms with Gasteiger partial charge >= 0.3 is 23.1 Å². The van der Waals surface area contributed by atoms with Crippen molar-refractivity contribution in [1.29, 1.82) is 0 Å². The highest BCUT2D eigenvalue weighted by Crippen LogP contribution is 2.52. The van der Waals surface area contributed by atoms with Crippen molar-refractivity contribution in [2.24, 2.45) is 17.8 Å². The molecule has 0 aromatic carbocycles. The zero-order valence-electron chi connectivity index (χ0n) is 14.3. The molecule has 3 saturated carbocycles. The summed E-state index contributed by atoms with van der Waals surface area (Å²) in [5, 5.41) is -4.46. The molecule has 0 aromatic heterocycles. The maximum Gasteiger partial charge on any atom is 0.353 e. The Morgan fingerprint density at radius 3 is 2.67 bits per heavy atom. The number of hydrogen-bond acceptors (Lipinski definition) is 6. The van der Waals surface area contributed by atoms with Crippen molar-refractivity contribution >= 4 is 24.6 Å². The Hall–Kier alpha value is -1.29. The van der Waals surface area contributed by atoms with Gasteiger partial charge in [0.2, 0.25) is 0 Å². The highest BCUT2D eigenvalue weighted by molar-refractivity contribution is 7.81. The van der Waals surface area contributed by atoms with Crippen LogP contribution in [0.2, 0.25) is 0 Å². The van der Waals surface area contributed by atoms with Gasteiger partial charge in [-0.2, -0.15) is 17.6 Å². The quantitative estimate of drug-likeness (QED) is 0.218. The predicted octanol–water partition coefficient (Wildman–Crippen LogP) is 2.99. The molecule has 10 heteroatoms. The van der Waals surface area contributed by atoms with Crippen molar-refractivity contribution in [3.05, 3.63) is 12.2 Å². The van der Waals surface area contributed by atoms with E-state index in [2.05, 4.69) is 19.2 Å². The molecule has 4 aliphatic rings. The monoisotopic (exact) mass is 412 g/mol. The van der Waals surface area contributed by atoms with Crippen molar-refractivity contribution in [2.75, 3.05) is 13.2 Å². The number of fused-ring (bicyclic) bond motifs is 1. The Bertz CT molecular complexity index is 635. The number of thiol groups is 1. The number of rotatable bonds is 8. The molecule has 152 valence electrons. The van der Waals surface area contributed by atoms with Gasteiger partial charge in [0.15, 0.2) is 0 Å². The standard InChI is InChI=1S/C17H20F4O5S/c1-8(7-24-5-4-16(18,19)17(20,21)27)14(22)25-12-9-2-3-10-11(6-9)15(23)26-13(10)12/h9-13,27H,1-7H2. The fraction of sp³-hybridized carbons (Fsp3) is 0.765. The second-order valence-corrected chi connectivity index (χ2v) is 7.83. The Balaban J connectivity index is 1.45. The van der Waals surface area contributed by atoms with E-state index >= 15 is 0 Å². The van der Waals surface area contributed by atoms with Crippen LogP contribution >= 0.6 is 12.6 Å². The van der Waals surface area contributed by atoms with E-state index in [0.29, 0.717) is 6.42 Å². The normalized spacial score (nSPS) is 32.3. The van der Waals surface area contributed by atoms with Gasteiger partial charge in [0.05, 0.1) is 24.7 Å². The highest BCUT2D eigenvalue weighted by Gasteiger charge is 2.59. The average Bonchev–Trinajstić information content (AvgIpc) is 2.86. The number of alkyl halides is 4. The van der Waals surface area contributed by atoms with Crippen LogP contribution in [0.1, 0.15) is 25.7 Å². The van der Waals surface area contributed by atoms with Crippen molar-refractivity contribution in [3.8, 4) is 0 Å². The summed E-state index contributed by atoms with van der Waals surface area (Å²) in [6.07, 6.45) is 0.0497. The van der Waals surface area contributed by atoms with E-state index in [1.807, 2.05) is 0 Å². The summed E-state index contributed by atoms with van der Waals surface area (Å²) in [5.74, 6) is -5.40. The lowest BCUT2D eigenvalue weighted by molar-refractivity contribution is -0.169. The molecule has 0 radical (unpaired) electrons. The van der Waals surface area contributed by atoms with Gasteiger partial charge in [-0.15, -0.1) is 0 Å². The first-order valence-corrected chi connectivity index (χ1v) is 9.11. The third-order valence-electron chi connectivity index (χ3n) is 5.52. The maximum absolute atomic E-state index is 13.1. The Morgan fingerprint density at radius 1 is 1.30 bits per heavy atom. The van der Waals surface area contributed by atoms with Gasteiger partial charge in [0, 0.05) is 18.3 Å². The molecule has 4 rings (SSSR count). The lowest BCUT2D eigenvalue weighted by Gasteiger charge is -2.43. The minimum Gasteiger partial charge on any atom is -0.458 e.